The Morgan fingerprint density at radius 3 is 2.23 bits per heavy atom. The second kappa shape index (κ2) is 12.1. The first-order chi connectivity index (χ1) is 20.4. The van der Waals surface area contributed by atoms with Crippen LogP contribution in [0.3, 0.4) is 0 Å². The van der Waals surface area contributed by atoms with Crippen molar-refractivity contribution in [2.24, 2.45) is 17.8 Å². The Bertz CT molecular complexity index is 1710. The van der Waals surface area contributed by atoms with Crippen LogP contribution in [0.4, 0.5) is 0 Å². The lowest BCUT2D eigenvalue weighted by Gasteiger charge is -2.30. The molecule has 0 spiro atoms. The molecule has 0 aromatic heterocycles. The summed E-state index contributed by atoms with van der Waals surface area (Å²) in [5, 5.41) is 1.92. The van der Waals surface area contributed by atoms with E-state index < -0.39 is 52.0 Å². The average Bonchev–Trinajstić information content (AvgIpc) is 3.20. The van der Waals surface area contributed by atoms with Gasteiger partial charge in [-0.15, -0.1) is 0 Å². The Hall–Kier alpha value is -3.73. The van der Waals surface area contributed by atoms with Crippen molar-refractivity contribution in [1.29, 1.82) is 0 Å². The minimum Gasteiger partial charge on any atom is -0.379 e. The Balaban J connectivity index is 1.41. The number of Topliss-reactive ketones (excluding diaryl/α,β-unsaturated/α-hetero) is 1. The number of carbonyl (C=O) groups excluding carboxylic acids is 4. The summed E-state index contributed by atoms with van der Waals surface area (Å²) >= 11 is 12.3. The van der Waals surface area contributed by atoms with Crippen LogP contribution in [0.15, 0.2) is 71.6 Å². The number of halogens is 2. The predicted molar refractivity (Wildman–Crippen MR) is 159 cm³/mol. The molecule has 2 aliphatic rings. The van der Waals surface area contributed by atoms with Gasteiger partial charge in [0, 0.05) is 10.6 Å². The van der Waals surface area contributed by atoms with E-state index in [1.807, 2.05) is 13.8 Å². The fourth-order valence-corrected chi connectivity index (χ4v) is 6.87. The van der Waals surface area contributed by atoms with Crippen molar-refractivity contribution in [3.05, 3.63) is 93.5 Å². The summed E-state index contributed by atoms with van der Waals surface area (Å²) in [6, 6.07) is 15.6. The second-order valence-electron chi connectivity index (χ2n) is 10.9. The molecule has 3 amide bonds. The first-order valence-electron chi connectivity index (χ1n) is 13.6. The number of hydrogen-bond donors (Lipinski definition) is 0. The molecule has 1 heterocycles. The maximum atomic E-state index is 13.8. The molecule has 1 aliphatic heterocycles. The molecule has 1 saturated carbocycles. The molecule has 2 fully saturated rings. The number of amides is 3. The van der Waals surface area contributed by atoms with E-state index in [1.54, 1.807) is 12.1 Å². The van der Waals surface area contributed by atoms with Crippen LogP contribution in [0.1, 0.15) is 52.5 Å². The van der Waals surface area contributed by atoms with Crippen LogP contribution < -0.4 is 4.18 Å². The van der Waals surface area contributed by atoms with Crippen LogP contribution >= 0.6 is 23.2 Å². The minimum atomic E-state index is -4.11. The molecule has 3 aromatic rings. The molecule has 0 unspecified atom stereocenters. The van der Waals surface area contributed by atoms with Gasteiger partial charge >= 0.3 is 10.1 Å². The number of ketones is 1. The highest BCUT2D eigenvalue weighted by Crippen LogP contribution is 2.41. The average molecular weight is 644 g/mol. The van der Waals surface area contributed by atoms with Crippen molar-refractivity contribution in [2.45, 2.75) is 38.0 Å². The van der Waals surface area contributed by atoms with Gasteiger partial charge in [-0.3, -0.25) is 19.2 Å². The van der Waals surface area contributed by atoms with Crippen molar-refractivity contribution in [3.8, 4) is 5.75 Å². The van der Waals surface area contributed by atoms with Crippen molar-refractivity contribution in [2.75, 3.05) is 6.54 Å². The maximum Gasteiger partial charge on any atom is 0.339 e. The SMILES string of the molecule is Cc1ccc(S(=O)(=O)Oc2ccc(C(=O)CN(C(=O)c3ccc(Cl)cc3Cl)N3C(=O)[C@@H]4CC[C@H](C)C[C@H]4C3=O)cc2)cc1. The van der Waals surface area contributed by atoms with E-state index >= 15 is 0 Å². The topological polar surface area (TPSA) is 118 Å². The fraction of sp³-hybridized carbons (Fsp3) is 0.290. The molecular weight excluding hydrogens is 615 g/mol. The monoisotopic (exact) mass is 642 g/mol. The number of rotatable bonds is 8. The molecule has 3 atom stereocenters. The quantitative estimate of drug-likeness (QED) is 0.175. The zero-order valence-corrected chi connectivity index (χ0v) is 25.7. The van der Waals surface area contributed by atoms with E-state index in [0.29, 0.717) is 12.8 Å². The Labute approximate surface area is 259 Å². The van der Waals surface area contributed by atoms with Gasteiger partial charge in [-0.1, -0.05) is 47.8 Å². The third-order valence-electron chi connectivity index (χ3n) is 7.79. The smallest absolute Gasteiger partial charge is 0.339 e. The zero-order valence-electron chi connectivity index (χ0n) is 23.3. The number of hydrazine groups is 1. The lowest BCUT2D eigenvalue weighted by atomic mass is 9.76. The summed E-state index contributed by atoms with van der Waals surface area (Å²) in [6.45, 7) is 3.19. The van der Waals surface area contributed by atoms with Gasteiger partial charge in [0.05, 0.1) is 22.4 Å². The van der Waals surface area contributed by atoms with Gasteiger partial charge in [-0.05, 0) is 86.7 Å². The molecule has 3 aromatic carbocycles. The number of benzene rings is 3. The zero-order chi connectivity index (χ0) is 31.1. The maximum absolute atomic E-state index is 13.8. The molecule has 0 N–H and O–H groups in total. The van der Waals surface area contributed by atoms with Crippen LogP contribution in [0.25, 0.3) is 0 Å². The molecule has 0 bridgehead atoms. The minimum absolute atomic E-state index is 0.00336. The van der Waals surface area contributed by atoms with Gasteiger partial charge in [0.15, 0.2) is 5.78 Å². The first kappa shape index (κ1) is 30.7. The number of aryl methyl sites for hydroxylation is 1. The lowest BCUT2D eigenvalue weighted by Crippen LogP contribution is -2.52. The van der Waals surface area contributed by atoms with Gasteiger partial charge < -0.3 is 4.18 Å². The Kier molecular flexibility index (Phi) is 8.65. The van der Waals surface area contributed by atoms with Crippen LogP contribution in [0.2, 0.25) is 10.0 Å². The third kappa shape index (κ3) is 6.32. The van der Waals surface area contributed by atoms with Crippen LogP contribution in [0.5, 0.6) is 5.75 Å². The van der Waals surface area contributed by atoms with E-state index in [1.165, 1.54) is 54.6 Å². The second-order valence-corrected chi connectivity index (χ2v) is 13.3. The standard InChI is InChI=1S/C31H28Cl2N2O7S/c1-18-3-11-23(12-4-18)43(40,41)42-22-9-6-20(7-10-22)28(36)17-34(29(37)25-14-8-21(32)16-27(25)33)35-30(38)24-13-5-19(2)15-26(24)31(35)39/h3-4,6-12,14,16,19,24,26H,5,13,15,17H2,1-2H3/t19-,24+,26+/m0/s1. The van der Waals surface area contributed by atoms with Gasteiger partial charge in [0.25, 0.3) is 17.7 Å². The number of hydrogen-bond acceptors (Lipinski definition) is 7. The highest BCUT2D eigenvalue weighted by molar-refractivity contribution is 7.87. The highest BCUT2D eigenvalue weighted by Gasteiger charge is 2.53. The van der Waals surface area contributed by atoms with E-state index in [9.17, 15) is 27.6 Å². The number of carbonyl (C=O) groups is 4. The molecule has 0 radical (unpaired) electrons. The summed E-state index contributed by atoms with van der Waals surface area (Å²) in [4.78, 5) is 54.2. The van der Waals surface area contributed by atoms with Crippen molar-refractivity contribution >= 4 is 56.8 Å². The van der Waals surface area contributed by atoms with Crippen molar-refractivity contribution < 1.29 is 31.8 Å². The molecule has 12 heteroatoms. The van der Waals surface area contributed by atoms with Crippen molar-refractivity contribution in [1.82, 2.24) is 10.0 Å². The summed E-state index contributed by atoms with van der Waals surface area (Å²) < 4.78 is 30.5. The predicted octanol–water partition coefficient (Wildman–Crippen LogP) is 5.73. The Morgan fingerprint density at radius 1 is 0.930 bits per heavy atom. The number of imide groups is 1. The molecule has 1 aliphatic carbocycles. The summed E-state index contributed by atoms with van der Waals surface area (Å²) in [5.41, 5.74) is 0.955. The van der Waals surface area contributed by atoms with E-state index in [-0.39, 0.29) is 37.7 Å². The molecular formula is C31H28Cl2N2O7S. The highest BCUT2D eigenvalue weighted by atomic mass is 35.5. The van der Waals surface area contributed by atoms with Gasteiger partial charge in [0.2, 0.25) is 0 Å². The summed E-state index contributed by atoms with van der Waals surface area (Å²) in [5.74, 6) is -3.40. The van der Waals surface area contributed by atoms with Gasteiger partial charge in [0.1, 0.15) is 17.2 Å². The number of nitrogens with zero attached hydrogens (tertiary/aromatic N) is 2. The van der Waals surface area contributed by atoms with E-state index in [4.69, 9.17) is 27.4 Å². The lowest BCUT2D eigenvalue weighted by molar-refractivity contribution is -0.154. The first-order valence-corrected chi connectivity index (χ1v) is 15.8. The molecule has 224 valence electrons. The molecule has 43 heavy (non-hydrogen) atoms. The largest absolute Gasteiger partial charge is 0.379 e. The van der Waals surface area contributed by atoms with Crippen LogP contribution in [-0.4, -0.2) is 48.5 Å². The van der Waals surface area contributed by atoms with Gasteiger partial charge in [-0.2, -0.15) is 13.4 Å². The molecule has 1 saturated heterocycles. The van der Waals surface area contributed by atoms with Crippen LogP contribution in [-0.2, 0) is 19.7 Å². The Morgan fingerprint density at radius 2 is 1.58 bits per heavy atom. The summed E-state index contributed by atoms with van der Waals surface area (Å²) in [6.07, 6.45) is 1.80. The van der Waals surface area contributed by atoms with E-state index in [0.717, 1.165) is 22.0 Å². The molecule has 5 rings (SSSR count). The van der Waals surface area contributed by atoms with E-state index in [2.05, 4.69) is 0 Å². The normalized spacial score (nSPS) is 20.1. The van der Waals surface area contributed by atoms with Crippen LogP contribution in [0, 0.1) is 24.7 Å². The van der Waals surface area contributed by atoms with Crippen molar-refractivity contribution in [3.63, 3.8) is 0 Å². The van der Waals surface area contributed by atoms with Gasteiger partial charge in [-0.25, -0.2) is 5.01 Å². The summed E-state index contributed by atoms with van der Waals surface area (Å²) in [7, 11) is -4.11. The fourth-order valence-electron chi connectivity index (χ4n) is 5.45. The third-order valence-corrected chi connectivity index (χ3v) is 9.60. The number of fused-ring (bicyclic) bond motifs is 1. The molecule has 9 nitrogen and oxygen atoms in total.